The second-order valence-electron chi connectivity index (χ2n) is 4.19. The average Bonchev–Trinajstić information content (AvgIpc) is 2.39. The van der Waals surface area contributed by atoms with E-state index in [1.807, 2.05) is 6.92 Å². The van der Waals surface area contributed by atoms with Gasteiger partial charge in [-0.3, -0.25) is 4.79 Å². The highest BCUT2D eigenvalue weighted by atomic mass is 79.9. The van der Waals surface area contributed by atoms with Crippen LogP contribution in [0.15, 0.2) is 27.6 Å². The maximum Gasteiger partial charge on any atom is 0.243 e. The van der Waals surface area contributed by atoms with Gasteiger partial charge in [0.2, 0.25) is 15.9 Å². The molecule has 1 amide bonds. The molecular weight excluding hydrogens is 351 g/mol. The zero-order chi connectivity index (χ0) is 15.3. The van der Waals surface area contributed by atoms with Gasteiger partial charge in [0.1, 0.15) is 5.82 Å². The molecule has 0 heterocycles. The average molecular weight is 367 g/mol. The molecule has 20 heavy (non-hydrogen) atoms. The number of carbonyl (C=O) groups excluding carboxylic acids is 1. The van der Waals surface area contributed by atoms with Crippen LogP contribution in [0.4, 0.5) is 4.39 Å². The van der Waals surface area contributed by atoms with Gasteiger partial charge in [-0.15, -0.1) is 0 Å². The lowest BCUT2D eigenvalue weighted by Crippen LogP contribution is -2.38. The standard InChI is InChI=1S/C12H16BrFN2O3S/c1-3-6-15-12(17)8-16(2)20(18,19)9-4-5-10(13)11(14)7-9/h4-5,7H,3,6,8H2,1-2H3,(H,15,17). The van der Waals surface area contributed by atoms with Crippen molar-refractivity contribution in [2.75, 3.05) is 20.1 Å². The molecule has 0 spiro atoms. The number of benzene rings is 1. The Balaban J connectivity index is 2.87. The van der Waals surface area contributed by atoms with Crippen LogP contribution >= 0.6 is 15.9 Å². The number of amides is 1. The van der Waals surface area contributed by atoms with Crippen molar-refractivity contribution in [3.05, 3.63) is 28.5 Å². The Kier molecular flexibility index (Phi) is 6.09. The lowest BCUT2D eigenvalue weighted by molar-refractivity contribution is -0.121. The molecular formula is C12H16BrFN2O3S. The first kappa shape index (κ1) is 17.1. The van der Waals surface area contributed by atoms with E-state index in [-0.39, 0.29) is 15.9 Å². The Bertz CT molecular complexity index is 592. The van der Waals surface area contributed by atoms with Gasteiger partial charge in [-0.05, 0) is 40.5 Å². The molecule has 112 valence electrons. The smallest absolute Gasteiger partial charge is 0.243 e. The predicted octanol–water partition coefficient (Wildman–Crippen LogP) is 1.73. The van der Waals surface area contributed by atoms with Crippen LogP contribution in [0.2, 0.25) is 0 Å². The lowest BCUT2D eigenvalue weighted by Gasteiger charge is -2.17. The van der Waals surface area contributed by atoms with Gasteiger partial charge in [0.15, 0.2) is 0 Å². The van der Waals surface area contributed by atoms with Crippen molar-refractivity contribution in [1.82, 2.24) is 9.62 Å². The zero-order valence-electron chi connectivity index (χ0n) is 11.2. The first-order chi connectivity index (χ1) is 9.28. The van der Waals surface area contributed by atoms with Crippen molar-refractivity contribution in [2.24, 2.45) is 0 Å². The van der Waals surface area contributed by atoms with Crippen molar-refractivity contribution in [1.29, 1.82) is 0 Å². The number of hydrogen-bond donors (Lipinski definition) is 1. The van der Waals surface area contributed by atoms with Crippen molar-refractivity contribution in [2.45, 2.75) is 18.2 Å². The van der Waals surface area contributed by atoms with Crippen LogP contribution in [0, 0.1) is 5.82 Å². The van der Waals surface area contributed by atoms with E-state index in [9.17, 15) is 17.6 Å². The molecule has 1 rings (SSSR count). The van der Waals surface area contributed by atoms with E-state index in [1.165, 1.54) is 19.2 Å². The van der Waals surface area contributed by atoms with Crippen molar-refractivity contribution in [3.8, 4) is 0 Å². The summed E-state index contributed by atoms with van der Waals surface area (Å²) in [5, 5.41) is 2.58. The number of hydrogen-bond acceptors (Lipinski definition) is 3. The van der Waals surface area contributed by atoms with Crippen molar-refractivity contribution < 1.29 is 17.6 Å². The monoisotopic (exact) mass is 366 g/mol. The van der Waals surface area contributed by atoms with E-state index >= 15 is 0 Å². The summed E-state index contributed by atoms with van der Waals surface area (Å²) in [7, 11) is -2.61. The van der Waals surface area contributed by atoms with Crippen LogP contribution in [-0.4, -0.2) is 38.8 Å². The van der Waals surface area contributed by atoms with E-state index in [1.54, 1.807) is 0 Å². The van der Waals surface area contributed by atoms with Crippen LogP contribution in [0.3, 0.4) is 0 Å². The molecule has 8 heteroatoms. The van der Waals surface area contributed by atoms with Crippen LogP contribution < -0.4 is 5.32 Å². The molecule has 0 aromatic heterocycles. The molecule has 1 N–H and O–H groups in total. The summed E-state index contributed by atoms with van der Waals surface area (Å²) in [6.07, 6.45) is 0.764. The van der Waals surface area contributed by atoms with Gasteiger partial charge in [-0.1, -0.05) is 6.92 Å². The molecule has 0 aliphatic carbocycles. The fourth-order valence-corrected chi connectivity index (χ4v) is 2.81. The summed E-state index contributed by atoms with van der Waals surface area (Å²) >= 11 is 2.95. The Morgan fingerprint density at radius 2 is 2.10 bits per heavy atom. The number of rotatable bonds is 6. The number of likely N-dealkylation sites (N-methyl/N-ethyl adjacent to an activating group) is 1. The molecule has 1 aromatic carbocycles. The lowest BCUT2D eigenvalue weighted by atomic mass is 10.3. The van der Waals surface area contributed by atoms with Gasteiger partial charge in [0, 0.05) is 13.6 Å². The van der Waals surface area contributed by atoms with E-state index < -0.39 is 21.7 Å². The Morgan fingerprint density at radius 1 is 1.45 bits per heavy atom. The summed E-state index contributed by atoms with van der Waals surface area (Å²) in [4.78, 5) is 11.3. The fraction of sp³-hybridized carbons (Fsp3) is 0.417. The number of nitrogens with zero attached hydrogens (tertiary/aromatic N) is 1. The normalized spacial score (nSPS) is 11.7. The first-order valence-electron chi connectivity index (χ1n) is 5.97. The largest absolute Gasteiger partial charge is 0.355 e. The summed E-state index contributed by atoms with van der Waals surface area (Å²) in [5.74, 6) is -1.06. The molecule has 0 aliphatic rings. The van der Waals surface area contributed by atoms with Crippen molar-refractivity contribution >= 4 is 31.9 Å². The minimum Gasteiger partial charge on any atom is -0.355 e. The van der Waals surface area contributed by atoms with Gasteiger partial charge in [-0.2, -0.15) is 4.31 Å². The molecule has 0 bridgehead atoms. The minimum atomic E-state index is -3.89. The highest BCUT2D eigenvalue weighted by Gasteiger charge is 2.23. The summed E-state index contributed by atoms with van der Waals surface area (Å²) in [5.41, 5.74) is 0. The summed E-state index contributed by atoms with van der Waals surface area (Å²) in [6, 6.07) is 3.51. The minimum absolute atomic E-state index is 0.180. The zero-order valence-corrected chi connectivity index (χ0v) is 13.6. The Labute approximate surface area is 126 Å². The molecule has 0 unspecified atom stereocenters. The molecule has 0 saturated carbocycles. The van der Waals surface area contributed by atoms with Gasteiger partial charge < -0.3 is 5.32 Å². The third kappa shape index (κ3) is 4.26. The van der Waals surface area contributed by atoms with Crippen LogP contribution in [0.25, 0.3) is 0 Å². The Morgan fingerprint density at radius 3 is 2.65 bits per heavy atom. The maximum atomic E-state index is 13.4. The number of nitrogens with one attached hydrogen (secondary N) is 1. The third-order valence-corrected chi connectivity index (χ3v) is 4.98. The van der Waals surface area contributed by atoms with Gasteiger partial charge in [0.05, 0.1) is 15.9 Å². The third-order valence-electron chi connectivity index (χ3n) is 2.54. The predicted molar refractivity (Wildman–Crippen MR) is 77.2 cm³/mol. The van der Waals surface area contributed by atoms with Crippen LogP contribution in [-0.2, 0) is 14.8 Å². The maximum absolute atomic E-state index is 13.4. The summed E-state index contributed by atoms with van der Waals surface area (Å²) < 4.78 is 38.8. The van der Waals surface area contributed by atoms with E-state index in [0.29, 0.717) is 6.54 Å². The number of carbonyl (C=O) groups is 1. The highest BCUT2D eigenvalue weighted by Crippen LogP contribution is 2.21. The molecule has 0 radical (unpaired) electrons. The van der Waals surface area contributed by atoms with Gasteiger partial charge in [0.25, 0.3) is 0 Å². The highest BCUT2D eigenvalue weighted by molar-refractivity contribution is 9.10. The van der Waals surface area contributed by atoms with Crippen molar-refractivity contribution in [3.63, 3.8) is 0 Å². The molecule has 0 fully saturated rings. The topological polar surface area (TPSA) is 66.5 Å². The van der Waals surface area contributed by atoms with E-state index in [2.05, 4.69) is 21.2 Å². The number of halogens is 2. The first-order valence-corrected chi connectivity index (χ1v) is 8.20. The SMILES string of the molecule is CCCNC(=O)CN(C)S(=O)(=O)c1ccc(Br)c(F)c1. The van der Waals surface area contributed by atoms with Crippen LogP contribution in [0.1, 0.15) is 13.3 Å². The Hall–Kier alpha value is -0.990. The summed E-state index contributed by atoms with van der Waals surface area (Å²) in [6.45, 7) is 2.07. The van der Waals surface area contributed by atoms with Gasteiger partial charge >= 0.3 is 0 Å². The fourth-order valence-electron chi connectivity index (χ4n) is 1.42. The molecule has 1 aromatic rings. The second kappa shape index (κ2) is 7.14. The molecule has 5 nitrogen and oxygen atoms in total. The number of sulfonamides is 1. The van der Waals surface area contributed by atoms with Gasteiger partial charge in [-0.25, -0.2) is 12.8 Å². The molecule has 0 saturated heterocycles. The molecule has 0 aliphatic heterocycles. The molecule has 0 atom stereocenters. The van der Waals surface area contributed by atoms with Crippen LogP contribution in [0.5, 0.6) is 0 Å². The second-order valence-corrected chi connectivity index (χ2v) is 7.09. The quantitative estimate of drug-likeness (QED) is 0.833. The van der Waals surface area contributed by atoms with E-state index in [0.717, 1.165) is 16.8 Å². The van der Waals surface area contributed by atoms with E-state index in [4.69, 9.17) is 0 Å².